The summed E-state index contributed by atoms with van der Waals surface area (Å²) in [6, 6.07) is 7.30. The average molecular weight is 344 g/mol. The molecule has 0 aliphatic heterocycles. The van der Waals surface area contributed by atoms with Gasteiger partial charge in [0.15, 0.2) is 0 Å². The van der Waals surface area contributed by atoms with Crippen LogP contribution in [-0.4, -0.2) is 30.5 Å². The average Bonchev–Trinajstić information content (AvgIpc) is 2.99. The van der Waals surface area contributed by atoms with Gasteiger partial charge in [0.05, 0.1) is 10.7 Å². The highest BCUT2D eigenvalue weighted by Crippen LogP contribution is 2.52. The van der Waals surface area contributed by atoms with Crippen LogP contribution in [0.4, 0.5) is 4.39 Å². The van der Waals surface area contributed by atoms with Crippen molar-refractivity contribution in [2.75, 3.05) is 20.6 Å². The SMILES string of the molecule is CN(C)CC1CC1c1nc(C2(c3ccccc3F)CCCC2)cs1. The van der Waals surface area contributed by atoms with E-state index in [1.165, 1.54) is 11.4 Å². The fraction of sp³-hybridized carbons (Fsp3) is 0.550. The van der Waals surface area contributed by atoms with Crippen molar-refractivity contribution in [2.45, 2.75) is 43.4 Å². The van der Waals surface area contributed by atoms with Crippen LogP contribution in [0, 0.1) is 11.7 Å². The molecule has 128 valence electrons. The molecule has 1 heterocycles. The van der Waals surface area contributed by atoms with Crippen molar-refractivity contribution in [1.29, 1.82) is 0 Å². The van der Waals surface area contributed by atoms with Crippen molar-refractivity contribution in [3.8, 4) is 0 Å². The quantitative estimate of drug-likeness (QED) is 0.774. The summed E-state index contributed by atoms with van der Waals surface area (Å²) in [6.45, 7) is 1.14. The van der Waals surface area contributed by atoms with Gasteiger partial charge in [-0.05, 0) is 50.9 Å². The molecule has 2 aromatic rings. The van der Waals surface area contributed by atoms with Gasteiger partial charge in [0.25, 0.3) is 0 Å². The molecular formula is C20H25FN2S. The molecule has 0 radical (unpaired) electrons. The third kappa shape index (κ3) is 2.80. The Balaban J connectivity index is 1.63. The summed E-state index contributed by atoms with van der Waals surface area (Å²) in [5, 5.41) is 3.47. The summed E-state index contributed by atoms with van der Waals surface area (Å²) in [5.74, 6) is 1.28. The summed E-state index contributed by atoms with van der Waals surface area (Å²) < 4.78 is 14.5. The maximum absolute atomic E-state index is 14.5. The van der Waals surface area contributed by atoms with Crippen molar-refractivity contribution in [2.24, 2.45) is 5.92 Å². The first-order valence-electron chi connectivity index (χ1n) is 8.96. The molecule has 0 N–H and O–H groups in total. The topological polar surface area (TPSA) is 16.1 Å². The lowest BCUT2D eigenvalue weighted by Gasteiger charge is -2.28. The van der Waals surface area contributed by atoms with Gasteiger partial charge in [-0.3, -0.25) is 0 Å². The third-order valence-corrected chi connectivity index (χ3v) is 6.67. The minimum absolute atomic E-state index is 0.0779. The van der Waals surface area contributed by atoms with Crippen molar-refractivity contribution < 1.29 is 4.39 Å². The van der Waals surface area contributed by atoms with Crippen molar-refractivity contribution in [3.63, 3.8) is 0 Å². The van der Waals surface area contributed by atoms with Gasteiger partial charge < -0.3 is 4.90 Å². The van der Waals surface area contributed by atoms with E-state index in [1.54, 1.807) is 23.5 Å². The molecule has 0 bridgehead atoms. The zero-order valence-corrected chi connectivity index (χ0v) is 15.3. The summed E-state index contributed by atoms with van der Waals surface area (Å²) in [5.41, 5.74) is 1.76. The van der Waals surface area contributed by atoms with E-state index in [4.69, 9.17) is 4.98 Å². The molecule has 2 aliphatic carbocycles. The molecule has 2 aliphatic rings. The molecule has 1 aromatic heterocycles. The van der Waals surface area contributed by atoms with E-state index >= 15 is 0 Å². The normalized spacial score (nSPS) is 25.3. The molecule has 2 saturated carbocycles. The highest BCUT2D eigenvalue weighted by atomic mass is 32.1. The Bertz CT molecular complexity index is 718. The number of aromatic nitrogens is 1. The number of rotatable bonds is 5. The van der Waals surface area contributed by atoms with Gasteiger partial charge in [-0.2, -0.15) is 0 Å². The molecule has 0 spiro atoms. The van der Waals surface area contributed by atoms with Crippen LogP contribution in [0.25, 0.3) is 0 Å². The molecule has 1 aromatic carbocycles. The van der Waals surface area contributed by atoms with E-state index in [9.17, 15) is 4.39 Å². The van der Waals surface area contributed by atoms with Crippen LogP contribution in [0.15, 0.2) is 29.6 Å². The van der Waals surface area contributed by atoms with Crippen LogP contribution in [-0.2, 0) is 5.41 Å². The molecule has 2 nitrogen and oxygen atoms in total. The number of benzene rings is 1. The molecule has 0 saturated heterocycles. The maximum Gasteiger partial charge on any atom is 0.127 e. The number of hydrogen-bond acceptors (Lipinski definition) is 3. The van der Waals surface area contributed by atoms with Gasteiger partial charge in [-0.25, -0.2) is 9.37 Å². The van der Waals surface area contributed by atoms with E-state index in [1.807, 2.05) is 12.1 Å². The second-order valence-corrected chi connectivity index (χ2v) is 8.59. The van der Waals surface area contributed by atoms with Gasteiger partial charge in [0.1, 0.15) is 5.82 Å². The van der Waals surface area contributed by atoms with Crippen LogP contribution in [0.1, 0.15) is 54.3 Å². The van der Waals surface area contributed by atoms with Crippen molar-refractivity contribution in [3.05, 3.63) is 51.7 Å². The summed E-state index contributed by atoms with van der Waals surface area (Å²) in [7, 11) is 4.27. The van der Waals surface area contributed by atoms with Crippen LogP contribution in [0.5, 0.6) is 0 Å². The Labute approximate surface area is 147 Å². The molecule has 2 unspecified atom stereocenters. The Morgan fingerprint density at radius 3 is 2.71 bits per heavy atom. The largest absolute Gasteiger partial charge is 0.309 e. The number of nitrogens with zero attached hydrogens (tertiary/aromatic N) is 2. The van der Waals surface area contributed by atoms with Gasteiger partial charge in [0.2, 0.25) is 0 Å². The van der Waals surface area contributed by atoms with Gasteiger partial charge >= 0.3 is 0 Å². The Morgan fingerprint density at radius 1 is 1.25 bits per heavy atom. The van der Waals surface area contributed by atoms with E-state index in [0.29, 0.717) is 5.92 Å². The highest BCUT2D eigenvalue weighted by Gasteiger charge is 2.44. The zero-order chi connectivity index (χ0) is 16.7. The standard InChI is InChI=1S/C20H25FN2S/c1-23(2)12-14-11-15(14)19-22-18(13-24-19)20(9-5-6-10-20)16-7-3-4-8-17(16)21/h3-4,7-8,13-15H,5-6,9-12H2,1-2H3. The van der Waals surface area contributed by atoms with Crippen molar-refractivity contribution in [1.82, 2.24) is 9.88 Å². The minimum Gasteiger partial charge on any atom is -0.309 e. The summed E-state index contributed by atoms with van der Waals surface area (Å²) in [6.07, 6.45) is 5.60. The minimum atomic E-state index is -0.202. The molecule has 24 heavy (non-hydrogen) atoms. The third-order valence-electron chi connectivity index (χ3n) is 5.70. The van der Waals surface area contributed by atoms with Crippen LogP contribution >= 0.6 is 11.3 Å². The molecular weight excluding hydrogens is 319 g/mol. The van der Waals surface area contributed by atoms with Crippen LogP contribution in [0.3, 0.4) is 0 Å². The number of hydrogen-bond donors (Lipinski definition) is 0. The molecule has 2 fully saturated rings. The van der Waals surface area contributed by atoms with E-state index in [-0.39, 0.29) is 11.2 Å². The lowest BCUT2D eigenvalue weighted by atomic mass is 9.76. The fourth-order valence-corrected chi connectivity index (χ4v) is 5.52. The molecule has 2 atom stereocenters. The second kappa shape index (κ2) is 6.23. The molecule has 4 rings (SSSR count). The monoisotopic (exact) mass is 344 g/mol. The Morgan fingerprint density at radius 2 is 2.00 bits per heavy atom. The first-order chi connectivity index (χ1) is 11.6. The zero-order valence-electron chi connectivity index (χ0n) is 14.5. The molecule has 4 heteroatoms. The van der Waals surface area contributed by atoms with E-state index < -0.39 is 0 Å². The Hall–Kier alpha value is -1.26. The van der Waals surface area contributed by atoms with Gasteiger partial charge in [0, 0.05) is 23.3 Å². The number of thiazole rings is 1. The smallest absolute Gasteiger partial charge is 0.127 e. The second-order valence-electron chi connectivity index (χ2n) is 7.70. The first-order valence-corrected chi connectivity index (χ1v) is 9.84. The molecule has 0 amide bonds. The van der Waals surface area contributed by atoms with Gasteiger partial charge in [-0.1, -0.05) is 31.0 Å². The lowest BCUT2D eigenvalue weighted by molar-refractivity contribution is 0.385. The Kier molecular flexibility index (Phi) is 4.21. The predicted molar refractivity (Wildman–Crippen MR) is 97.2 cm³/mol. The lowest BCUT2D eigenvalue weighted by Crippen LogP contribution is -2.25. The predicted octanol–water partition coefficient (Wildman–Crippen LogP) is 4.81. The van der Waals surface area contributed by atoms with Gasteiger partial charge in [-0.15, -0.1) is 11.3 Å². The van der Waals surface area contributed by atoms with Crippen LogP contribution in [0.2, 0.25) is 0 Å². The fourth-order valence-electron chi connectivity index (χ4n) is 4.39. The summed E-state index contributed by atoms with van der Waals surface area (Å²) in [4.78, 5) is 7.30. The first kappa shape index (κ1) is 16.2. The summed E-state index contributed by atoms with van der Waals surface area (Å²) >= 11 is 1.78. The van der Waals surface area contributed by atoms with Crippen molar-refractivity contribution >= 4 is 11.3 Å². The number of halogens is 1. The van der Waals surface area contributed by atoms with E-state index in [0.717, 1.165) is 49.4 Å². The maximum atomic E-state index is 14.5. The van der Waals surface area contributed by atoms with E-state index in [2.05, 4.69) is 24.4 Å². The van der Waals surface area contributed by atoms with Crippen LogP contribution < -0.4 is 0 Å². The highest BCUT2D eigenvalue weighted by molar-refractivity contribution is 7.09.